The van der Waals surface area contributed by atoms with Gasteiger partial charge in [-0.25, -0.2) is 0 Å². The molecule has 0 spiro atoms. The molecule has 0 saturated carbocycles. The molecule has 7 heteroatoms. The van der Waals surface area contributed by atoms with Crippen molar-refractivity contribution in [2.45, 2.75) is 131 Å². The van der Waals surface area contributed by atoms with Gasteiger partial charge in [0.25, 0.3) is 0 Å². The summed E-state index contributed by atoms with van der Waals surface area (Å²) in [6, 6.07) is 14.1. The van der Waals surface area contributed by atoms with E-state index >= 15 is 0 Å². The van der Waals surface area contributed by atoms with E-state index in [0.717, 1.165) is 42.2 Å². The Kier molecular flexibility index (Phi) is 19.9. The Morgan fingerprint density at radius 2 is 1.73 bits per heavy atom. The largest absolute Gasteiger partial charge is 0.492 e. The second-order valence-electron chi connectivity index (χ2n) is 14.8. The number of methoxy groups -OCH3 is 1. The third-order valence-electron chi connectivity index (χ3n) is 9.94. The fourth-order valence-corrected chi connectivity index (χ4v) is 7.74. The molecule has 0 aliphatic heterocycles. The summed E-state index contributed by atoms with van der Waals surface area (Å²) in [5.74, 6) is 0.853. The number of hydrogen-bond donors (Lipinski definition) is 2. The van der Waals surface area contributed by atoms with Gasteiger partial charge in [-0.05, 0) is 99.8 Å². The number of fused-ring (bicyclic) bond motifs is 1. The van der Waals surface area contributed by atoms with Crippen LogP contribution in [0.15, 0.2) is 54.6 Å². The molecule has 286 valence electrons. The zero-order valence-electron chi connectivity index (χ0n) is 34.8. The van der Waals surface area contributed by atoms with Crippen LogP contribution in [-0.2, 0) is 18.9 Å². The van der Waals surface area contributed by atoms with Gasteiger partial charge in [0.05, 0.1) is 35.4 Å². The minimum Gasteiger partial charge on any atom is -0.492 e. The summed E-state index contributed by atoms with van der Waals surface area (Å²) < 4.78 is 8.29. The van der Waals surface area contributed by atoms with Crippen LogP contribution in [0, 0.1) is 0 Å². The van der Waals surface area contributed by atoms with Crippen LogP contribution in [0.5, 0.6) is 5.75 Å². The van der Waals surface area contributed by atoms with E-state index in [1.807, 2.05) is 11.4 Å². The van der Waals surface area contributed by atoms with Crippen molar-refractivity contribution in [3.8, 4) is 5.75 Å². The van der Waals surface area contributed by atoms with Crippen LogP contribution in [0.25, 0.3) is 16.6 Å². The second-order valence-corrected chi connectivity index (χ2v) is 19.2. The highest BCUT2D eigenvalue weighted by molar-refractivity contribution is 8.55. The van der Waals surface area contributed by atoms with Gasteiger partial charge in [0.1, 0.15) is 0 Å². The van der Waals surface area contributed by atoms with Crippen molar-refractivity contribution in [1.29, 1.82) is 0 Å². The molecule has 3 aromatic rings. The van der Waals surface area contributed by atoms with E-state index in [2.05, 4.69) is 151 Å². The highest BCUT2D eigenvalue weighted by Gasteiger charge is 2.22. The van der Waals surface area contributed by atoms with Crippen molar-refractivity contribution < 1.29 is 4.74 Å². The highest BCUT2D eigenvalue weighted by atomic mass is 32.7. The smallest absolute Gasteiger partial charge is 0.165 e. The third kappa shape index (κ3) is 13.5. The number of aromatic nitrogens is 1. The van der Waals surface area contributed by atoms with E-state index in [1.165, 1.54) is 84.7 Å². The molecule has 51 heavy (non-hydrogen) atoms. The molecule has 3 rings (SSSR count). The molecule has 0 aliphatic rings. The Balaban J connectivity index is 0.000000449. The Bertz CT molecular complexity index is 1520. The van der Waals surface area contributed by atoms with E-state index in [9.17, 15) is 0 Å². The average Bonchev–Trinajstić information content (AvgIpc) is 3.45. The number of rotatable bonds is 20. The van der Waals surface area contributed by atoms with E-state index in [1.54, 1.807) is 7.11 Å². The number of anilines is 2. The van der Waals surface area contributed by atoms with Crippen LogP contribution >= 0.6 is 18.7 Å². The van der Waals surface area contributed by atoms with E-state index in [0.29, 0.717) is 6.04 Å². The first-order valence-corrected chi connectivity index (χ1v) is 23.1. The van der Waals surface area contributed by atoms with Crippen molar-refractivity contribution >= 4 is 46.6 Å². The molecule has 0 radical (unpaired) electrons. The van der Waals surface area contributed by atoms with Crippen molar-refractivity contribution in [2.24, 2.45) is 7.05 Å². The first kappa shape index (κ1) is 44.8. The molecular formula is C44H73N4OPS. The monoisotopic (exact) mass is 737 g/mol. The molecule has 2 unspecified atom stereocenters. The third-order valence-corrected chi connectivity index (χ3v) is 13.0. The molecule has 2 N–H and O–H groups in total. The summed E-state index contributed by atoms with van der Waals surface area (Å²) in [5, 5.41) is 8.74. The molecule has 0 aliphatic carbocycles. The summed E-state index contributed by atoms with van der Waals surface area (Å²) in [5.41, 5.74) is 9.72. The zero-order valence-corrected chi connectivity index (χ0v) is 36.5. The molecule has 1 aromatic heterocycles. The Morgan fingerprint density at radius 3 is 2.29 bits per heavy atom. The van der Waals surface area contributed by atoms with Crippen LogP contribution in [0.1, 0.15) is 130 Å². The fraction of sp³-hybridized carbons (Fsp3) is 0.591. The average molecular weight is 737 g/mol. The van der Waals surface area contributed by atoms with Crippen LogP contribution in [0.3, 0.4) is 0 Å². The van der Waals surface area contributed by atoms with Gasteiger partial charge in [0, 0.05) is 25.7 Å². The molecule has 0 fully saturated rings. The number of nitrogens with one attached hydrogen (secondary N) is 2. The fourth-order valence-electron chi connectivity index (χ4n) is 6.57. The number of ether oxygens (including phenoxy) is 1. The van der Waals surface area contributed by atoms with Gasteiger partial charge >= 0.3 is 0 Å². The summed E-state index contributed by atoms with van der Waals surface area (Å²) in [6.45, 7) is 25.6. The summed E-state index contributed by atoms with van der Waals surface area (Å²) in [4.78, 5) is 2.45. The van der Waals surface area contributed by atoms with Gasteiger partial charge in [0.2, 0.25) is 0 Å². The van der Waals surface area contributed by atoms with E-state index in [4.69, 9.17) is 4.74 Å². The normalized spacial score (nSPS) is 13.2. The minimum absolute atomic E-state index is 0.0132. The van der Waals surface area contributed by atoms with Gasteiger partial charge in [-0.15, -0.1) is 11.4 Å². The maximum atomic E-state index is 5.97. The lowest BCUT2D eigenvalue weighted by Crippen LogP contribution is -2.31. The molecule has 2 atom stereocenters. The molecule has 0 bridgehead atoms. The van der Waals surface area contributed by atoms with Crippen molar-refractivity contribution in [2.75, 3.05) is 44.0 Å². The van der Waals surface area contributed by atoms with Crippen LogP contribution in [0.4, 0.5) is 11.4 Å². The predicted molar refractivity (Wildman–Crippen MR) is 235 cm³/mol. The van der Waals surface area contributed by atoms with Crippen molar-refractivity contribution in [1.82, 2.24) is 9.47 Å². The van der Waals surface area contributed by atoms with Gasteiger partial charge in [-0.3, -0.25) is 0 Å². The lowest BCUT2D eigenvalue weighted by molar-refractivity contribution is 0.244. The summed E-state index contributed by atoms with van der Waals surface area (Å²) in [6.07, 6.45) is 16.9. The number of nitrogens with zero attached hydrogens (tertiary/aromatic N) is 2. The molecule has 0 saturated heterocycles. The lowest BCUT2D eigenvalue weighted by Gasteiger charge is -2.26. The van der Waals surface area contributed by atoms with Gasteiger partial charge < -0.3 is 24.6 Å². The van der Waals surface area contributed by atoms with Gasteiger partial charge in [0.15, 0.2) is 5.75 Å². The SMILES string of the molecule is C=C(CCCCCCC)CC(CC)N(C)CC.CC/C=C(\Nc1cc(C(C)(C)C)cc(NP(C)SC)c1OC)c1cc2cccc(CC)c2n1C. The Morgan fingerprint density at radius 1 is 1.04 bits per heavy atom. The quantitative estimate of drug-likeness (QED) is 0.0687. The van der Waals surface area contributed by atoms with Crippen LogP contribution in [0.2, 0.25) is 0 Å². The first-order chi connectivity index (χ1) is 24.3. The van der Waals surface area contributed by atoms with Crippen LogP contribution in [-0.4, -0.2) is 49.1 Å². The summed E-state index contributed by atoms with van der Waals surface area (Å²) >= 11 is 1.85. The number of hydrogen-bond acceptors (Lipinski definition) is 5. The Labute approximate surface area is 319 Å². The Hall–Kier alpha value is -2.40. The molecule has 2 aromatic carbocycles. The zero-order chi connectivity index (χ0) is 38.1. The van der Waals surface area contributed by atoms with Gasteiger partial charge in [-0.1, -0.05) is 118 Å². The lowest BCUT2D eigenvalue weighted by atomic mass is 9.86. The van der Waals surface area contributed by atoms with Crippen molar-refractivity contribution in [3.05, 3.63) is 71.4 Å². The maximum Gasteiger partial charge on any atom is 0.165 e. The number of aryl methyl sites for hydroxylation is 2. The number of benzene rings is 2. The number of unbranched alkanes of at least 4 members (excludes halogenated alkanes) is 4. The second kappa shape index (κ2) is 22.6. The minimum atomic E-state index is -0.393. The van der Waals surface area contributed by atoms with Crippen LogP contribution < -0.4 is 15.1 Å². The molecule has 1 heterocycles. The first-order valence-electron chi connectivity index (χ1n) is 19.5. The maximum absolute atomic E-state index is 5.97. The molecular weight excluding hydrogens is 664 g/mol. The van der Waals surface area contributed by atoms with E-state index in [-0.39, 0.29) is 5.41 Å². The van der Waals surface area contributed by atoms with E-state index < -0.39 is 7.27 Å². The van der Waals surface area contributed by atoms with Gasteiger partial charge in [-0.2, -0.15) is 0 Å². The number of para-hydroxylation sites is 1. The predicted octanol–water partition coefficient (Wildman–Crippen LogP) is 13.6. The molecule has 0 amide bonds. The standard InChI is InChI=1S/C28H40N3OPS.C16H33N/c1-10-13-22(25-16-20-15-12-14-19(11-2)26(20)31(25)6)29-23-17-21(28(3,4)5)18-24(27(23)32-7)30-33(8)34-9;1-6-9-10-11-12-13-15(4)14-16(7-2)17(5)8-3/h12-18,29-30H,10-11H2,1-9H3;16H,4,6-14H2,1-3,5H3/b22-13-;. The van der Waals surface area contributed by atoms with Crippen molar-refractivity contribution in [3.63, 3.8) is 0 Å². The number of allylic oxidation sites excluding steroid dienone is 1. The highest BCUT2D eigenvalue weighted by Crippen LogP contribution is 2.49. The molecule has 5 nitrogen and oxygen atoms in total. The topological polar surface area (TPSA) is 41.5 Å². The summed E-state index contributed by atoms with van der Waals surface area (Å²) in [7, 11) is 5.76.